The first-order valence-corrected chi connectivity index (χ1v) is 10.8. The van der Waals surface area contributed by atoms with Crippen LogP contribution in [-0.4, -0.2) is 57.7 Å². The Balaban J connectivity index is 1.54. The number of urea groups is 1. The molecule has 32 heavy (non-hydrogen) atoms. The first-order valence-electron chi connectivity index (χ1n) is 10.8. The highest BCUT2D eigenvalue weighted by Gasteiger charge is 2.19. The molecule has 0 radical (unpaired) electrons. The zero-order valence-corrected chi connectivity index (χ0v) is 17.9. The summed E-state index contributed by atoms with van der Waals surface area (Å²) < 4.78 is 1.90. The molecule has 2 heterocycles. The van der Waals surface area contributed by atoms with Gasteiger partial charge in [-0.2, -0.15) is 5.10 Å². The Morgan fingerprint density at radius 3 is 2.28 bits per heavy atom. The fourth-order valence-electron chi connectivity index (χ4n) is 3.86. The highest BCUT2D eigenvalue weighted by molar-refractivity contribution is 5.93. The molecular weight excluding hydrogens is 402 g/mol. The van der Waals surface area contributed by atoms with Gasteiger partial charge in [0.05, 0.1) is 12.2 Å². The minimum absolute atomic E-state index is 0.0776. The van der Waals surface area contributed by atoms with E-state index in [1.807, 2.05) is 65.5 Å². The molecule has 0 aliphatic carbocycles. The van der Waals surface area contributed by atoms with E-state index in [9.17, 15) is 9.59 Å². The van der Waals surface area contributed by atoms with Gasteiger partial charge in [-0.3, -0.25) is 9.48 Å². The molecule has 2 aromatic carbocycles. The van der Waals surface area contributed by atoms with E-state index in [0.29, 0.717) is 39.1 Å². The van der Waals surface area contributed by atoms with Gasteiger partial charge in [-0.1, -0.05) is 60.7 Å². The van der Waals surface area contributed by atoms with Crippen molar-refractivity contribution in [1.29, 1.82) is 0 Å². The van der Waals surface area contributed by atoms with Crippen LogP contribution < -0.4 is 5.73 Å². The van der Waals surface area contributed by atoms with Crippen LogP contribution in [0.1, 0.15) is 17.5 Å². The van der Waals surface area contributed by atoms with Crippen LogP contribution in [0.3, 0.4) is 0 Å². The standard InChI is InChI=1S/C25H27N5O2/c26-25(32)29-15-7-14-28(16-17-29)23(31)13-12-22-19-30(18-20-8-3-1-4-9-20)27-24(22)21-10-5-2-6-11-21/h1-6,8-13,19H,7,14-18H2,(H2,26,32)/b13-12+. The Kier molecular flexibility index (Phi) is 6.65. The van der Waals surface area contributed by atoms with Gasteiger partial charge in [-0.25, -0.2) is 4.79 Å². The normalized spacial score (nSPS) is 14.5. The second-order valence-corrected chi connectivity index (χ2v) is 7.82. The number of amides is 3. The summed E-state index contributed by atoms with van der Waals surface area (Å²) in [6.45, 7) is 2.76. The van der Waals surface area contributed by atoms with Crippen LogP contribution in [-0.2, 0) is 11.3 Å². The summed E-state index contributed by atoms with van der Waals surface area (Å²) in [4.78, 5) is 27.6. The fraction of sp³-hybridized carbons (Fsp3) is 0.240. The maximum absolute atomic E-state index is 12.8. The molecule has 1 saturated heterocycles. The van der Waals surface area contributed by atoms with E-state index < -0.39 is 6.03 Å². The third kappa shape index (κ3) is 5.24. The molecule has 7 nitrogen and oxygen atoms in total. The molecule has 1 aromatic heterocycles. The lowest BCUT2D eigenvalue weighted by Crippen LogP contribution is -2.39. The minimum Gasteiger partial charge on any atom is -0.351 e. The largest absolute Gasteiger partial charge is 0.351 e. The van der Waals surface area contributed by atoms with Crippen LogP contribution in [0.5, 0.6) is 0 Å². The Morgan fingerprint density at radius 2 is 1.56 bits per heavy atom. The van der Waals surface area contributed by atoms with Crippen LogP contribution >= 0.6 is 0 Å². The van der Waals surface area contributed by atoms with Crippen LogP contribution in [0.4, 0.5) is 4.79 Å². The summed E-state index contributed by atoms with van der Waals surface area (Å²) in [5, 5.41) is 4.79. The molecule has 2 N–H and O–H groups in total. The average molecular weight is 430 g/mol. The van der Waals surface area contributed by atoms with Gasteiger partial charge in [-0.15, -0.1) is 0 Å². The van der Waals surface area contributed by atoms with Crippen molar-refractivity contribution in [3.05, 3.63) is 84.1 Å². The third-order valence-electron chi connectivity index (χ3n) is 5.55. The molecule has 164 valence electrons. The second-order valence-electron chi connectivity index (χ2n) is 7.82. The van der Waals surface area contributed by atoms with E-state index >= 15 is 0 Å². The first kappa shape index (κ1) is 21.4. The fourth-order valence-corrected chi connectivity index (χ4v) is 3.86. The van der Waals surface area contributed by atoms with Crippen molar-refractivity contribution in [3.8, 4) is 11.3 Å². The zero-order chi connectivity index (χ0) is 22.3. The van der Waals surface area contributed by atoms with Crippen LogP contribution in [0.15, 0.2) is 72.9 Å². The molecule has 1 fully saturated rings. The van der Waals surface area contributed by atoms with E-state index in [-0.39, 0.29) is 5.91 Å². The van der Waals surface area contributed by atoms with Crippen molar-refractivity contribution in [3.63, 3.8) is 0 Å². The molecule has 0 spiro atoms. The number of nitrogens with zero attached hydrogens (tertiary/aromatic N) is 4. The van der Waals surface area contributed by atoms with E-state index in [1.54, 1.807) is 15.9 Å². The summed E-state index contributed by atoms with van der Waals surface area (Å²) in [5.74, 6) is -0.0776. The predicted molar refractivity (Wildman–Crippen MR) is 125 cm³/mol. The van der Waals surface area contributed by atoms with E-state index in [0.717, 1.165) is 22.4 Å². The first-order chi connectivity index (χ1) is 15.6. The molecule has 0 atom stereocenters. The molecule has 1 aliphatic rings. The maximum atomic E-state index is 12.8. The van der Waals surface area contributed by atoms with Crippen molar-refractivity contribution in [2.45, 2.75) is 13.0 Å². The summed E-state index contributed by atoms with van der Waals surface area (Å²) in [6, 6.07) is 19.7. The number of hydrogen-bond donors (Lipinski definition) is 1. The lowest BCUT2D eigenvalue weighted by molar-refractivity contribution is -0.125. The number of nitrogens with two attached hydrogens (primary N) is 1. The highest BCUT2D eigenvalue weighted by atomic mass is 16.2. The summed E-state index contributed by atoms with van der Waals surface area (Å²) in [5.41, 5.74) is 9.26. The Bertz CT molecular complexity index is 1090. The second kappa shape index (κ2) is 9.96. The van der Waals surface area contributed by atoms with Crippen molar-refractivity contribution < 1.29 is 9.59 Å². The van der Waals surface area contributed by atoms with Crippen LogP contribution in [0.2, 0.25) is 0 Å². The molecule has 0 unspecified atom stereocenters. The maximum Gasteiger partial charge on any atom is 0.314 e. The van der Waals surface area contributed by atoms with Crippen molar-refractivity contribution >= 4 is 18.0 Å². The highest BCUT2D eigenvalue weighted by Crippen LogP contribution is 2.23. The predicted octanol–water partition coefficient (Wildman–Crippen LogP) is 3.22. The molecule has 3 amide bonds. The van der Waals surface area contributed by atoms with Gasteiger partial charge in [0.2, 0.25) is 5.91 Å². The number of primary amides is 1. The topological polar surface area (TPSA) is 84.5 Å². The lowest BCUT2D eigenvalue weighted by Gasteiger charge is -2.19. The Morgan fingerprint density at radius 1 is 0.906 bits per heavy atom. The minimum atomic E-state index is -0.437. The van der Waals surface area contributed by atoms with Gasteiger partial charge < -0.3 is 15.5 Å². The number of benzene rings is 2. The number of carbonyl (C=O) groups is 2. The van der Waals surface area contributed by atoms with Crippen LogP contribution in [0.25, 0.3) is 17.3 Å². The number of rotatable bonds is 5. The van der Waals surface area contributed by atoms with Crippen LogP contribution in [0, 0.1) is 0 Å². The monoisotopic (exact) mass is 429 g/mol. The van der Waals surface area contributed by atoms with Gasteiger partial charge in [0.15, 0.2) is 0 Å². The van der Waals surface area contributed by atoms with E-state index in [1.165, 1.54) is 0 Å². The van der Waals surface area contributed by atoms with Crippen molar-refractivity contribution in [1.82, 2.24) is 19.6 Å². The molecule has 3 aromatic rings. The molecular formula is C25H27N5O2. The van der Waals surface area contributed by atoms with Gasteiger partial charge in [0.1, 0.15) is 0 Å². The smallest absolute Gasteiger partial charge is 0.314 e. The average Bonchev–Trinajstić information content (AvgIpc) is 3.04. The third-order valence-corrected chi connectivity index (χ3v) is 5.55. The van der Waals surface area contributed by atoms with Gasteiger partial charge >= 0.3 is 6.03 Å². The van der Waals surface area contributed by atoms with E-state index in [2.05, 4.69) is 12.1 Å². The van der Waals surface area contributed by atoms with Crippen molar-refractivity contribution in [2.24, 2.45) is 5.73 Å². The quantitative estimate of drug-likeness (QED) is 0.632. The molecule has 0 bridgehead atoms. The Hall–Kier alpha value is -3.87. The molecule has 7 heteroatoms. The van der Waals surface area contributed by atoms with E-state index in [4.69, 9.17) is 10.8 Å². The zero-order valence-electron chi connectivity index (χ0n) is 17.9. The summed E-state index contributed by atoms with van der Waals surface area (Å²) >= 11 is 0. The Labute approximate surface area is 187 Å². The van der Waals surface area contributed by atoms with Gasteiger partial charge in [0, 0.05) is 49.6 Å². The molecule has 1 aliphatic heterocycles. The SMILES string of the molecule is NC(=O)N1CCCN(C(=O)/C=C/c2cn(Cc3ccccc3)nc2-c2ccccc2)CC1. The van der Waals surface area contributed by atoms with Gasteiger partial charge in [0.25, 0.3) is 0 Å². The van der Waals surface area contributed by atoms with Gasteiger partial charge in [-0.05, 0) is 18.1 Å². The number of hydrogen-bond acceptors (Lipinski definition) is 3. The summed E-state index contributed by atoms with van der Waals surface area (Å²) in [6.07, 6.45) is 6.11. The number of carbonyl (C=O) groups excluding carboxylic acids is 2. The molecule has 0 saturated carbocycles. The molecule has 4 rings (SSSR count). The summed E-state index contributed by atoms with van der Waals surface area (Å²) in [7, 11) is 0. The van der Waals surface area contributed by atoms with Crippen molar-refractivity contribution in [2.75, 3.05) is 26.2 Å². The lowest BCUT2D eigenvalue weighted by atomic mass is 10.1. The number of aromatic nitrogens is 2.